The van der Waals surface area contributed by atoms with Crippen LogP contribution in [0.25, 0.3) is 0 Å². The van der Waals surface area contributed by atoms with E-state index < -0.39 is 6.10 Å². The molecule has 1 aromatic carbocycles. The lowest BCUT2D eigenvalue weighted by molar-refractivity contribution is 0.199. The van der Waals surface area contributed by atoms with E-state index in [1.165, 1.54) is 29.7 Å². The van der Waals surface area contributed by atoms with Crippen LogP contribution < -0.4 is 10.2 Å². The average molecular weight is 367 g/mol. The summed E-state index contributed by atoms with van der Waals surface area (Å²) in [4.78, 5) is 12.0. The Morgan fingerprint density at radius 3 is 2.70 bits per heavy atom. The van der Waals surface area contributed by atoms with Crippen LogP contribution in [0.15, 0.2) is 24.3 Å². The molecule has 1 fully saturated rings. The van der Waals surface area contributed by atoms with Crippen molar-refractivity contribution in [2.24, 2.45) is 0 Å². The Kier molecular flexibility index (Phi) is 5.04. The molecule has 2 N–H and O–H groups in total. The van der Waals surface area contributed by atoms with Crippen molar-refractivity contribution in [3.05, 3.63) is 46.6 Å². The van der Waals surface area contributed by atoms with Crippen LogP contribution in [0.5, 0.6) is 0 Å². The van der Waals surface area contributed by atoms with Crippen molar-refractivity contribution in [2.45, 2.75) is 71.1 Å². The number of rotatable bonds is 6. The molecule has 0 spiro atoms. The first kappa shape index (κ1) is 18.2. The van der Waals surface area contributed by atoms with E-state index in [1.807, 2.05) is 13.0 Å². The smallest absolute Gasteiger partial charge is 0.225 e. The molecular formula is C22H30N4O. The highest BCUT2D eigenvalue weighted by Gasteiger charge is 2.28. The minimum absolute atomic E-state index is 0.369. The van der Waals surface area contributed by atoms with Crippen LogP contribution in [0.1, 0.15) is 74.4 Å². The molecule has 0 radical (unpaired) electrons. The summed E-state index contributed by atoms with van der Waals surface area (Å²) in [6, 6.07) is 8.91. The molecule has 0 amide bonds. The molecule has 1 aliphatic heterocycles. The summed E-state index contributed by atoms with van der Waals surface area (Å²) in [5.41, 5.74) is 4.86. The van der Waals surface area contributed by atoms with Crippen LogP contribution in [0.3, 0.4) is 0 Å². The Labute approximate surface area is 161 Å². The number of hydrogen-bond donors (Lipinski definition) is 2. The van der Waals surface area contributed by atoms with Crippen molar-refractivity contribution in [3.8, 4) is 0 Å². The van der Waals surface area contributed by atoms with Gasteiger partial charge in [0.15, 0.2) is 0 Å². The standard InChI is InChI=1S/C22H30N4O/c1-4-14(2)23-22-24-20(16-5-6-16)12-21(25-22)26-10-9-18-11-17(15(3)27)7-8-19(18)13-26/h7-8,11-12,14-16,27H,4-6,9-10,13H2,1-3H3,(H,23,24,25)/t14-,15+/m0/s1. The fraction of sp³-hybridized carbons (Fsp3) is 0.545. The lowest BCUT2D eigenvalue weighted by Gasteiger charge is -2.31. The monoisotopic (exact) mass is 366 g/mol. The summed E-state index contributed by atoms with van der Waals surface area (Å²) in [6.07, 6.45) is 4.10. The molecule has 2 aliphatic rings. The van der Waals surface area contributed by atoms with Crippen molar-refractivity contribution >= 4 is 11.8 Å². The molecule has 1 saturated carbocycles. The Morgan fingerprint density at radius 2 is 2.00 bits per heavy atom. The van der Waals surface area contributed by atoms with Crippen LogP contribution in [-0.4, -0.2) is 27.7 Å². The highest BCUT2D eigenvalue weighted by atomic mass is 16.3. The maximum absolute atomic E-state index is 9.83. The van der Waals surface area contributed by atoms with Gasteiger partial charge in [0.25, 0.3) is 0 Å². The molecule has 27 heavy (non-hydrogen) atoms. The van der Waals surface area contributed by atoms with Gasteiger partial charge in [0.05, 0.1) is 11.8 Å². The van der Waals surface area contributed by atoms with E-state index in [-0.39, 0.29) is 0 Å². The summed E-state index contributed by atoms with van der Waals surface area (Å²) in [6.45, 7) is 7.97. The van der Waals surface area contributed by atoms with E-state index in [4.69, 9.17) is 9.97 Å². The van der Waals surface area contributed by atoms with Crippen LogP contribution in [0, 0.1) is 0 Å². The first-order valence-corrected chi connectivity index (χ1v) is 10.2. The summed E-state index contributed by atoms with van der Waals surface area (Å²) in [5.74, 6) is 2.40. The van der Waals surface area contributed by atoms with E-state index >= 15 is 0 Å². The highest BCUT2D eigenvalue weighted by Crippen LogP contribution is 2.40. The van der Waals surface area contributed by atoms with Crippen LogP contribution >= 0.6 is 0 Å². The first-order chi connectivity index (χ1) is 13.0. The molecule has 0 saturated heterocycles. The van der Waals surface area contributed by atoms with Gasteiger partial charge < -0.3 is 15.3 Å². The second kappa shape index (κ2) is 7.47. The molecule has 144 valence electrons. The SMILES string of the molecule is CC[C@H](C)Nc1nc(C2CC2)cc(N2CCc3cc([C@@H](C)O)ccc3C2)n1. The number of nitrogens with one attached hydrogen (secondary N) is 1. The molecule has 5 nitrogen and oxygen atoms in total. The van der Waals surface area contributed by atoms with Crippen LogP contribution in [-0.2, 0) is 13.0 Å². The first-order valence-electron chi connectivity index (χ1n) is 10.2. The highest BCUT2D eigenvalue weighted by molar-refractivity contribution is 5.50. The van der Waals surface area contributed by atoms with Gasteiger partial charge in [0.1, 0.15) is 5.82 Å². The molecule has 4 rings (SSSR count). The van der Waals surface area contributed by atoms with Crippen LogP contribution in [0.2, 0.25) is 0 Å². The fourth-order valence-electron chi connectivity index (χ4n) is 3.62. The predicted octanol–water partition coefficient (Wildman–Crippen LogP) is 4.18. The average Bonchev–Trinajstić information content (AvgIpc) is 3.52. The quantitative estimate of drug-likeness (QED) is 0.803. The number of anilines is 2. The van der Waals surface area contributed by atoms with E-state index in [9.17, 15) is 5.11 Å². The molecule has 5 heteroatoms. The van der Waals surface area contributed by atoms with E-state index in [0.717, 1.165) is 43.3 Å². The Hall–Kier alpha value is -2.14. The Balaban J connectivity index is 1.59. The summed E-state index contributed by atoms with van der Waals surface area (Å²) < 4.78 is 0. The third kappa shape index (κ3) is 4.08. The topological polar surface area (TPSA) is 61.3 Å². The van der Waals surface area contributed by atoms with Gasteiger partial charge in [-0.3, -0.25) is 0 Å². The summed E-state index contributed by atoms with van der Waals surface area (Å²) >= 11 is 0. The van der Waals surface area contributed by atoms with E-state index in [0.29, 0.717) is 12.0 Å². The van der Waals surface area contributed by atoms with Crippen molar-refractivity contribution in [2.75, 3.05) is 16.8 Å². The maximum atomic E-state index is 9.83. The molecule has 0 unspecified atom stereocenters. The van der Waals surface area contributed by atoms with Gasteiger partial charge in [-0.2, -0.15) is 4.98 Å². The molecule has 1 aromatic heterocycles. The van der Waals surface area contributed by atoms with Crippen molar-refractivity contribution < 1.29 is 5.11 Å². The second-order valence-electron chi connectivity index (χ2n) is 8.08. The normalized spacial score (nSPS) is 18.7. The lowest BCUT2D eigenvalue weighted by atomic mass is 9.96. The largest absolute Gasteiger partial charge is 0.389 e. The molecule has 2 aromatic rings. The van der Waals surface area contributed by atoms with Gasteiger partial charge in [-0.1, -0.05) is 25.1 Å². The van der Waals surface area contributed by atoms with E-state index in [2.05, 4.69) is 42.3 Å². The van der Waals surface area contributed by atoms with Crippen molar-refractivity contribution in [1.82, 2.24) is 9.97 Å². The Morgan fingerprint density at radius 1 is 1.19 bits per heavy atom. The van der Waals surface area contributed by atoms with Crippen molar-refractivity contribution in [3.63, 3.8) is 0 Å². The minimum atomic E-state index is -0.412. The third-order valence-electron chi connectivity index (χ3n) is 5.76. The van der Waals surface area contributed by atoms with Gasteiger partial charge >= 0.3 is 0 Å². The van der Waals surface area contributed by atoms with Gasteiger partial charge in [-0.05, 0) is 56.2 Å². The molecule has 0 bridgehead atoms. The zero-order chi connectivity index (χ0) is 19.0. The summed E-state index contributed by atoms with van der Waals surface area (Å²) in [7, 11) is 0. The molecule has 2 atom stereocenters. The van der Waals surface area contributed by atoms with Crippen molar-refractivity contribution in [1.29, 1.82) is 0 Å². The summed E-state index contributed by atoms with van der Waals surface area (Å²) in [5, 5.41) is 13.3. The number of aliphatic hydroxyl groups is 1. The maximum Gasteiger partial charge on any atom is 0.225 e. The number of hydrogen-bond acceptors (Lipinski definition) is 5. The molecule has 1 aliphatic carbocycles. The number of benzene rings is 1. The number of aromatic nitrogens is 2. The van der Waals surface area contributed by atoms with Crippen LogP contribution in [0.4, 0.5) is 11.8 Å². The zero-order valence-electron chi connectivity index (χ0n) is 16.6. The minimum Gasteiger partial charge on any atom is -0.389 e. The predicted molar refractivity (Wildman–Crippen MR) is 109 cm³/mol. The van der Waals surface area contributed by atoms with Gasteiger partial charge in [-0.25, -0.2) is 4.98 Å². The molecule has 2 heterocycles. The molecular weight excluding hydrogens is 336 g/mol. The second-order valence-corrected chi connectivity index (χ2v) is 8.08. The van der Waals surface area contributed by atoms with E-state index in [1.54, 1.807) is 0 Å². The number of fused-ring (bicyclic) bond motifs is 1. The number of aliphatic hydroxyl groups excluding tert-OH is 1. The van der Waals surface area contributed by atoms with Gasteiger partial charge in [-0.15, -0.1) is 0 Å². The van der Waals surface area contributed by atoms with Gasteiger partial charge in [0, 0.05) is 31.1 Å². The van der Waals surface area contributed by atoms with Gasteiger partial charge in [0.2, 0.25) is 5.95 Å². The third-order valence-corrected chi connectivity index (χ3v) is 5.76. The fourth-order valence-corrected chi connectivity index (χ4v) is 3.62. The Bertz CT molecular complexity index is 816. The zero-order valence-corrected chi connectivity index (χ0v) is 16.6. The number of nitrogens with zero attached hydrogens (tertiary/aromatic N) is 3. The lowest BCUT2D eigenvalue weighted by Crippen LogP contribution is -2.31.